The summed E-state index contributed by atoms with van der Waals surface area (Å²) >= 11 is 0. The molecule has 1 atom stereocenters. The Morgan fingerprint density at radius 3 is 2.60 bits per heavy atom. The van der Waals surface area contributed by atoms with Crippen LogP contribution in [0.15, 0.2) is 67.1 Å². The Balaban J connectivity index is 1.51. The molecule has 3 aliphatic rings. The van der Waals surface area contributed by atoms with Crippen molar-refractivity contribution in [1.29, 1.82) is 0 Å². The van der Waals surface area contributed by atoms with E-state index in [1.165, 1.54) is 5.56 Å². The summed E-state index contributed by atoms with van der Waals surface area (Å²) in [4.78, 5) is 11.2. The van der Waals surface area contributed by atoms with Gasteiger partial charge in [0.1, 0.15) is 5.60 Å². The monoisotopic (exact) mass is 395 g/mol. The summed E-state index contributed by atoms with van der Waals surface area (Å²) in [5.41, 5.74) is 4.19. The number of benzene rings is 1. The Labute approximate surface area is 177 Å². The van der Waals surface area contributed by atoms with E-state index in [4.69, 9.17) is 0 Å². The average Bonchev–Trinajstić information content (AvgIpc) is 2.80. The maximum absolute atomic E-state index is 11.2. The van der Waals surface area contributed by atoms with E-state index < -0.39 is 5.60 Å². The van der Waals surface area contributed by atoms with Gasteiger partial charge in [0, 0.05) is 42.2 Å². The first-order valence-electron chi connectivity index (χ1n) is 10.6. The Morgan fingerprint density at radius 1 is 1.07 bits per heavy atom. The molecule has 0 spiro atoms. The molecule has 3 aliphatic heterocycles. The van der Waals surface area contributed by atoms with Crippen molar-refractivity contribution >= 4 is 0 Å². The summed E-state index contributed by atoms with van der Waals surface area (Å²) in [5.74, 6) is 6.82. The lowest BCUT2D eigenvalue weighted by Crippen LogP contribution is -2.58. The van der Waals surface area contributed by atoms with Gasteiger partial charge >= 0.3 is 0 Å². The largest absolute Gasteiger partial charge is 0.376 e. The van der Waals surface area contributed by atoms with Crippen LogP contribution in [0.2, 0.25) is 0 Å². The molecule has 0 radical (unpaired) electrons. The van der Waals surface area contributed by atoms with Crippen molar-refractivity contribution in [3.05, 3.63) is 83.8 Å². The van der Waals surface area contributed by atoms with Crippen LogP contribution in [0.3, 0.4) is 0 Å². The first-order valence-corrected chi connectivity index (χ1v) is 10.6. The fourth-order valence-corrected chi connectivity index (χ4v) is 4.60. The van der Waals surface area contributed by atoms with Crippen LogP contribution in [-0.4, -0.2) is 45.2 Å². The molecule has 2 bridgehead atoms. The molecule has 5 heterocycles. The molecule has 4 nitrogen and oxygen atoms in total. The first kappa shape index (κ1) is 19.0. The quantitative estimate of drug-likeness (QED) is 0.689. The standard InChI is InChI=1S/C26H25N3O/c30-26(19-29-13-9-24(26)10-14-29)11-8-21-18-28-25(22-7-4-12-27-17-22)16-23(21)15-20-5-2-1-3-6-20/h1-7,12,16-18,24,30H,9-10,13-15,19H2. The number of hydrogen-bond donors (Lipinski definition) is 1. The molecule has 0 amide bonds. The van der Waals surface area contributed by atoms with Gasteiger partial charge in [0.25, 0.3) is 0 Å². The summed E-state index contributed by atoms with van der Waals surface area (Å²) in [6.07, 6.45) is 8.27. The average molecular weight is 396 g/mol. The van der Waals surface area contributed by atoms with E-state index in [1.54, 1.807) is 6.20 Å². The summed E-state index contributed by atoms with van der Waals surface area (Å²) in [6, 6.07) is 16.4. The first-order chi connectivity index (χ1) is 14.7. The lowest BCUT2D eigenvalue weighted by atomic mass is 9.75. The molecule has 3 saturated heterocycles. The smallest absolute Gasteiger partial charge is 0.141 e. The second kappa shape index (κ2) is 8.02. The molecule has 6 rings (SSSR count). The normalized spacial score (nSPS) is 24.8. The zero-order chi connectivity index (χ0) is 20.4. The highest BCUT2D eigenvalue weighted by atomic mass is 16.3. The van der Waals surface area contributed by atoms with Crippen LogP contribution in [0.1, 0.15) is 29.5 Å². The topological polar surface area (TPSA) is 49.3 Å². The van der Waals surface area contributed by atoms with E-state index in [2.05, 4.69) is 57.0 Å². The van der Waals surface area contributed by atoms with E-state index in [9.17, 15) is 5.11 Å². The van der Waals surface area contributed by atoms with Crippen molar-refractivity contribution in [2.45, 2.75) is 24.9 Å². The predicted octanol–water partition coefficient (Wildman–Crippen LogP) is 3.54. The van der Waals surface area contributed by atoms with Crippen molar-refractivity contribution in [2.75, 3.05) is 19.6 Å². The molecule has 1 N–H and O–H groups in total. The molecule has 2 aromatic heterocycles. The van der Waals surface area contributed by atoms with Gasteiger partial charge in [0.2, 0.25) is 0 Å². The van der Waals surface area contributed by atoms with Crippen LogP contribution in [0.25, 0.3) is 11.3 Å². The highest BCUT2D eigenvalue weighted by Crippen LogP contribution is 2.35. The van der Waals surface area contributed by atoms with Crippen LogP contribution >= 0.6 is 0 Å². The fourth-order valence-electron chi connectivity index (χ4n) is 4.60. The maximum atomic E-state index is 11.2. The van der Waals surface area contributed by atoms with Gasteiger partial charge in [-0.25, -0.2) is 0 Å². The molecule has 1 aromatic carbocycles. The third-order valence-corrected chi connectivity index (χ3v) is 6.33. The van der Waals surface area contributed by atoms with Gasteiger partial charge in [-0.15, -0.1) is 0 Å². The van der Waals surface area contributed by atoms with Gasteiger partial charge in [-0.2, -0.15) is 0 Å². The Morgan fingerprint density at radius 2 is 1.90 bits per heavy atom. The van der Waals surface area contributed by atoms with Crippen molar-refractivity contribution in [3.63, 3.8) is 0 Å². The second-order valence-corrected chi connectivity index (χ2v) is 8.36. The minimum atomic E-state index is -0.914. The van der Waals surface area contributed by atoms with E-state index in [0.29, 0.717) is 6.54 Å². The van der Waals surface area contributed by atoms with Gasteiger partial charge in [-0.3, -0.25) is 14.9 Å². The maximum Gasteiger partial charge on any atom is 0.141 e. The number of pyridine rings is 2. The fraction of sp³-hybridized carbons (Fsp3) is 0.308. The number of aliphatic hydroxyl groups is 1. The minimum Gasteiger partial charge on any atom is -0.376 e. The molecule has 0 saturated carbocycles. The number of piperidine rings is 3. The van der Waals surface area contributed by atoms with E-state index >= 15 is 0 Å². The summed E-state index contributed by atoms with van der Waals surface area (Å²) < 4.78 is 0. The highest BCUT2D eigenvalue weighted by Gasteiger charge is 2.44. The number of nitrogens with zero attached hydrogens (tertiary/aromatic N) is 3. The van der Waals surface area contributed by atoms with Crippen LogP contribution in [0, 0.1) is 17.8 Å². The third-order valence-electron chi connectivity index (χ3n) is 6.33. The zero-order valence-electron chi connectivity index (χ0n) is 17.0. The minimum absolute atomic E-state index is 0.273. The lowest BCUT2D eigenvalue weighted by molar-refractivity contribution is -0.0713. The Hall–Kier alpha value is -3.00. The van der Waals surface area contributed by atoms with Crippen molar-refractivity contribution in [1.82, 2.24) is 14.9 Å². The lowest BCUT2D eigenvalue weighted by Gasteiger charge is -2.47. The summed E-state index contributed by atoms with van der Waals surface area (Å²) in [5, 5.41) is 11.2. The molecule has 30 heavy (non-hydrogen) atoms. The molecule has 0 aliphatic carbocycles. The summed E-state index contributed by atoms with van der Waals surface area (Å²) in [7, 11) is 0. The van der Waals surface area contributed by atoms with E-state index in [-0.39, 0.29) is 5.92 Å². The molecular formula is C26H25N3O. The third kappa shape index (κ3) is 3.87. The van der Waals surface area contributed by atoms with Crippen LogP contribution in [0.5, 0.6) is 0 Å². The van der Waals surface area contributed by atoms with Crippen LogP contribution in [0.4, 0.5) is 0 Å². The zero-order valence-corrected chi connectivity index (χ0v) is 17.0. The SMILES string of the molecule is OC1(C#Cc2cnc(-c3cccnc3)cc2Cc2ccccc2)CN2CCC1CC2. The van der Waals surface area contributed by atoms with E-state index in [1.807, 2.05) is 30.6 Å². The number of hydrogen-bond acceptors (Lipinski definition) is 4. The molecule has 1 unspecified atom stereocenters. The molecule has 4 heteroatoms. The molecule has 150 valence electrons. The van der Waals surface area contributed by atoms with Crippen LogP contribution < -0.4 is 0 Å². The van der Waals surface area contributed by atoms with Crippen molar-refractivity contribution in [3.8, 4) is 23.1 Å². The van der Waals surface area contributed by atoms with E-state index in [0.717, 1.165) is 54.7 Å². The summed E-state index contributed by atoms with van der Waals surface area (Å²) in [6.45, 7) is 2.81. The number of fused-ring (bicyclic) bond motifs is 3. The van der Waals surface area contributed by atoms with Gasteiger partial charge in [0.05, 0.1) is 5.69 Å². The number of aromatic nitrogens is 2. The molecular weight excluding hydrogens is 370 g/mol. The Bertz CT molecular complexity index is 1080. The van der Waals surface area contributed by atoms with Crippen molar-refractivity contribution < 1.29 is 5.11 Å². The molecule has 3 fully saturated rings. The van der Waals surface area contributed by atoms with Gasteiger partial charge in [0.15, 0.2) is 0 Å². The van der Waals surface area contributed by atoms with Crippen LogP contribution in [-0.2, 0) is 6.42 Å². The van der Waals surface area contributed by atoms with Gasteiger partial charge < -0.3 is 5.11 Å². The van der Waals surface area contributed by atoms with Gasteiger partial charge in [-0.1, -0.05) is 42.2 Å². The molecule has 3 aromatic rings. The predicted molar refractivity (Wildman–Crippen MR) is 118 cm³/mol. The Kier molecular flexibility index (Phi) is 5.08. The number of rotatable bonds is 3. The second-order valence-electron chi connectivity index (χ2n) is 8.36. The van der Waals surface area contributed by atoms with Gasteiger partial charge in [-0.05, 0) is 61.7 Å². The van der Waals surface area contributed by atoms with Crippen molar-refractivity contribution in [2.24, 2.45) is 5.92 Å². The highest BCUT2D eigenvalue weighted by molar-refractivity contribution is 5.61.